The van der Waals surface area contributed by atoms with Gasteiger partial charge in [0.05, 0.1) is 41.6 Å². The lowest BCUT2D eigenvalue weighted by atomic mass is 9.84. The van der Waals surface area contributed by atoms with Crippen molar-refractivity contribution < 1.29 is 37.2 Å². The molecule has 81 heavy (non-hydrogen) atoms. The second-order valence-corrected chi connectivity index (χ2v) is 23.6. The first-order chi connectivity index (χ1) is 37.6. The molecule has 5 aliphatic rings. The molecule has 0 radical (unpaired) electrons. The summed E-state index contributed by atoms with van der Waals surface area (Å²) in [6.07, 6.45) is 10.0. The predicted octanol–water partition coefficient (Wildman–Crippen LogP) is 6.48. The van der Waals surface area contributed by atoms with Crippen LogP contribution in [0.3, 0.4) is 0 Å². The number of ether oxygens (including phenoxy) is 2. The number of aryl methyl sites for hydroxylation is 2. The highest BCUT2D eigenvalue weighted by Crippen LogP contribution is 2.41. The van der Waals surface area contributed by atoms with Crippen LogP contribution in [0.5, 0.6) is 11.5 Å². The molecule has 6 aromatic rings. The molecule has 6 N–H and O–H groups in total. The first-order valence-electron chi connectivity index (χ1n) is 26.6. The van der Waals surface area contributed by atoms with Crippen molar-refractivity contribution in [3.05, 3.63) is 80.9 Å². The Morgan fingerprint density at radius 2 is 1.12 bits per heavy atom. The van der Waals surface area contributed by atoms with E-state index in [1.807, 2.05) is 0 Å². The number of phenols is 1. The van der Waals surface area contributed by atoms with Gasteiger partial charge < -0.3 is 41.0 Å². The summed E-state index contributed by atoms with van der Waals surface area (Å²) in [6, 6.07) is 5.31. The largest absolute Gasteiger partial charge is 0.506 e. The van der Waals surface area contributed by atoms with Crippen LogP contribution >= 0.6 is 0 Å². The van der Waals surface area contributed by atoms with E-state index >= 15 is 4.39 Å². The summed E-state index contributed by atoms with van der Waals surface area (Å²) in [6.45, 7) is 19.0. The summed E-state index contributed by atoms with van der Waals surface area (Å²) < 4.78 is 73.5. The lowest BCUT2D eigenvalue weighted by Gasteiger charge is -2.47. The Bertz CT molecular complexity index is 3330. The average molecular weight is 1140 g/mol. The molecule has 2 aromatic carbocycles. The minimum Gasteiger partial charge on any atom is -0.506 e. The molecule has 5 fully saturated rings. The van der Waals surface area contributed by atoms with Crippen molar-refractivity contribution in [1.82, 2.24) is 69.3 Å². The number of epoxide rings is 1. The van der Waals surface area contributed by atoms with Crippen molar-refractivity contribution in [2.45, 2.75) is 161 Å². The molecule has 11 rings (SSSR count). The molecule has 24 nitrogen and oxygen atoms in total. The number of hydrogen-bond acceptors (Lipinski definition) is 20. The molecule has 5 aliphatic heterocycles. The number of aromatic hydroxyl groups is 1. The van der Waals surface area contributed by atoms with E-state index in [2.05, 4.69) is 113 Å². The highest BCUT2D eigenvalue weighted by atomic mass is 19.1. The van der Waals surface area contributed by atoms with Crippen LogP contribution in [0.2, 0.25) is 0 Å². The van der Waals surface area contributed by atoms with Gasteiger partial charge in [-0.05, 0) is 153 Å². The summed E-state index contributed by atoms with van der Waals surface area (Å²) in [7, 11) is 2.81. The number of aliphatic hydroxyl groups is 1. The summed E-state index contributed by atoms with van der Waals surface area (Å²) >= 11 is 0. The number of hydrogen-bond donors (Lipinski definition) is 6. The zero-order valence-electron chi connectivity index (χ0n) is 46.6. The summed E-state index contributed by atoms with van der Waals surface area (Å²) in [5, 5.41) is 46.9. The maximum absolute atomic E-state index is 15.2. The standard InChI is InChI=1S/C26H35F2N9O3.C22H27F2N9O2.C4H8O.CH4/c1-25(2)12-15(9-16-7-6-8-36(16)25)30-22-18(28)13-29-23(32-22)31-19-11-20(37-24(38)35(5)33-34-37)21(10-17(19)27)40-14-26(3,4)39;1-22(2)10-12(7-13-5-4-6-32(13)22)26-19-15(24)11-25-20(28-19)27-16-9-17(18(34)8-14(16)23)33-21(35)31(3)29-30-33;1-4(2)3-5-4;/h10-11,13,15-16,39H,6-9,12,14H2,1-5H3,(H2,29,30,31,32);8-9,11-13,34H,4-7,10H2,1-3H3,(H2,25,26,27,28);3H2,1-2H3;1H4/t15-,16+;12-,13+;;/m11../s1. The zero-order chi connectivity index (χ0) is 57.6. The lowest BCUT2D eigenvalue weighted by molar-refractivity contribution is 0.0283. The van der Waals surface area contributed by atoms with E-state index in [9.17, 15) is 33.0 Å². The minimum atomic E-state index is -1.22. The Labute approximate surface area is 466 Å². The van der Waals surface area contributed by atoms with Crippen molar-refractivity contribution in [3.8, 4) is 22.9 Å². The quantitative estimate of drug-likeness (QED) is 0.0410. The molecule has 0 aliphatic carbocycles. The first kappa shape index (κ1) is 59.8. The van der Waals surface area contributed by atoms with Crippen LogP contribution in [-0.2, 0) is 18.8 Å². The number of phenolic OH excluding ortho intramolecular Hbond substituents is 1. The molecule has 4 atom stereocenters. The number of aromatic nitrogens is 12. The highest BCUT2D eigenvalue weighted by Gasteiger charge is 2.44. The van der Waals surface area contributed by atoms with E-state index in [0.29, 0.717) is 12.1 Å². The fraction of sp³-hybridized carbons (Fsp3) is 0.585. The minimum absolute atomic E-state index is 0. The summed E-state index contributed by atoms with van der Waals surface area (Å²) in [4.78, 5) is 46.2. The molecule has 0 bridgehead atoms. The number of nitrogens with zero attached hydrogens (tertiary/aromatic N) is 14. The van der Waals surface area contributed by atoms with Gasteiger partial charge in [-0.15, -0.1) is 0 Å². The Hall–Kier alpha value is -7.30. The second-order valence-electron chi connectivity index (χ2n) is 23.6. The topological polar surface area (TPSA) is 274 Å². The molecule has 28 heteroatoms. The number of anilines is 6. The van der Waals surface area contributed by atoms with E-state index in [0.717, 1.165) is 114 Å². The van der Waals surface area contributed by atoms with E-state index in [4.69, 9.17) is 9.47 Å². The highest BCUT2D eigenvalue weighted by molar-refractivity contribution is 5.65. The molecular formula is C53H74F4N18O6. The maximum Gasteiger partial charge on any atom is 0.368 e. The van der Waals surface area contributed by atoms with E-state index < -0.39 is 46.0 Å². The van der Waals surface area contributed by atoms with Gasteiger partial charge in [0, 0.05) is 61.5 Å². The van der Waals surface area contributed by atoms with Gasteiger partial charge in [-0.25, -0.2) is 37.1 Å². The smallest absolute Gasteiger partial charge is 0.368 e. The van der Waals surface area contributed by atoms with Crippen LogP contribution in [-0.4, -0.2) is 152 Å². The van der Waals surface area contributed by atoms with Gasteiger partial charge in [0.15, 0.2) is 34.9 Å². The molecule has 0 saturated carbocycles. The van der Waals surface area contributed by atoms with Crippen LogP contribution in [0.15, 0.2) is 46.2 Å². The van der Waals surface area contributed by atoms with E-state index in [1.165, 1.54) is 40.1 Å². The van der Waals surface area contributed by atoms with Crippen LogP contribution in [0.25, 0.3) is 11.4 Å². The Morgan fingerprint density at radius 3 is 1.54 bits per heavy atom. The fourth-order valence-electron chi connectivity index (χ4n) is 11.0. The molecule has 5 saturated heterocycles. The first-order valence-corrected chi connectivity index (χ1v) is 26.6. The normalized spacial score (nSPS) is 21.5. The number of fused-ring (bicyclic) bond motifs is 2. The third kappa shape index (κ3) is 13.9. The van der Waals surface area contributed by atoms with Gasteiger partial charge in [0.2, 0.25) is 11.9 Å². The monoisotopic (exact) mass is 1130 g/mol. The van der Waals surface area contributed by atoms with Gasteiger partial charge in [0.25, 0.3) is 0 Å². The number of benzene rings is 2. The molecular weight excluding hydrogens is 1060 g/mol. The Morgan fingerprint density at radius 1 is 0.691 bits per heavy atom. The number of piperidine rings is 2. The van der Waals surface area contributed by atoms with Gasteiger partial charge in [-0.1, -0.05) is 7.43 Å². The molecule has 9 heterocycles. The lowest BCUT2D eigenvalue weighted by Crippen LogP contribution is -2.55. The maximum atomic E-state index is 15.2. The number of halogens is 4. The number of nitrogens with one attached hydrogen (secondary N) is 4. The number of rotatable bonds is 13. The predicted molar refractivity (Wildman–Crippen MR) is 295 cm³/mol. The Balaban J connectivity index is 0.000000194. The molecule has 440 valence electrons. The molecule has 4 aromatic heterocycles. The van der Waals surface area contributed by atoms with Crippen molar-refractivity contribution in [1.29, 1.82) is 0 Å². The van der Waals surface area contributed by atoms with Crippen LogP contribution < -0.4 is 37.4 Å². The second kappa shape index (κ2) is 23.3. The van der Waals surface area contributed by atoms with Crippen molar-refractivity contribution in [2.75, 3.05) is 47.6 Å². The van der Waals surface area contributed by atoms with Gasteiger partial charge in [-0.3, -0.25) is 9.80 Å². The molecule has 0 unspecified atom stereocenters. The average Bonchev–Trinajstić information content (AvgIpc) is 4.16. The van der Waals surface area contributed by atoms with Crippen LogP contribution in [0, 0.1) is 23.3 Å². The van der Waals surface area contributed by atoms with Gasteiger partial charge in [0.1, 0.15) is 29.5 Å². The van der Waals surface area contributed by atoms with Gasteiger partial charge >= 0.3 is 11.4 Å². The fourth-order valence-corrected chi connectivity index (χ4v) is 11.0. The third-order valence-electron chi connectivity index (χ3n) is 14.9. The van der Waals surface area contributed by atoms with E-state index in [1.54, 1.807) is 0 Å². The Kier molecular flexibility index (Phi) is 17.2. The molecule has 0 amide bonds. The van der Waals surface area contributed by atoms with Crippen molar-refractivity contribution in [2.24, 2.45) is 14.1 Å². The van der Waals surface area contributed by atoms with Crippen LogP contribution in [0.4, 0.5) is 52.5 Å². The summed E-state index contributed by atoms with van der Waals surface area (Å²) in [5.41, 5.74) is -2.44. The van der Waals surface area contributed by atoms with Crippen molar-refractivity contribution >= 4 is 34.9 Å². The molecule has 0 spiro atoms. The number of tetrazole rings is 2. The SMILES string of the molecule is C.CC1(C)CO1.Cn1nnn(-c2cc(Nc3ncc(F)c(N[C@@H]4C[C@@H]5CCCN5C(C)(C)C4)n3)c(F)cc2O)c1=O.Cn1nnn(-c2cc(Nc3ncc(F)c(N[C@@H]4C[C@@H]5CCCN5C(C)(C)C4)n3)c(F)cc2OCC(C)(C)O)c1=O. The van der Waals surface area contributed by atoms with E-state index in [-0.39, 0.29) is 94.8 Å². The summed E-state index contributed by atoms with van der Waals surface area (Å²) in [5.74, 6) is -3.35. The van der Waals surface area contributed by atoms with Gasteiger partial charge in [-0.2, -0.15) is 28.7 Å². The zero-order valence-corrected chi connectivity index (χ0v) is 46.6. The van der Waals surface area contributed by atoms with Crippen LogP contribution in [0.1, 0.15) is 114 Å². The van der Waals surface area contributed by atoms with Crippen molar-refractivity contribution in [3.63, 3.8) is 0 Å². The third-order valence-corrected chi connectivity index (χ3v) is 14.9.